The summed E-state index contributed by atoms with van der Waals surface area (Å²) in [6, 6.07) is 2.27. The smallest absolute Gasteiger partial charge is 0.249 e. The second kappa shape index (κ2) is 5.34. The van der Waals surface area contributed by atoms with E-state index in [1.165, 1.54) is 6.07 Å². The molecule has 0 N–H and O–H groups in total. The van der Waals surface area contributed by atoms with Crippen molar-refractivity contribution in [3.05, 3.63) is 40.9 Å². The number of pyridine rings is 1. The van der Waals surface area contributed by atoms with Gasteiger partial charge in [0.2, 0.25) is 5.28 Å². The van der Waals surface area contributed by atoms with Gasteiger partial charge in [0.25, 0.3) is 0 Å². The molecular formula is C11H7ClF3N3S. The lowest BCUT2D eigenvalue weighted by Crippen LogP contribution is -2.05. The number of aromatic nitrogens is 3. The van der Waals surface area contributed by atoms with E-state index in [1.807, 2.05) is 0 Å². The van der Waals surface area contributed by atoms with Gasteiger partial charge in [-0.05, 0) is 42.4 Å². The molecule has 100 valence electrons. The van der Waals surface area contributed by atoms with Crippen LogP contribution in [-0.2, 0) is 6.18 Å². The molecule has 0 fully saturated rings. The third-order valence-corrected chi connectivity index (χ3v) is 3.40. The Labute approximate surface area is 116 Å². The minimum absolute atomic E-state index is 0.0833. The van der Waals surface area contributed by atoms with E-state index >= 15 is 0 Å². The molecule has 19 heavy (non-hydrogen) atoms. The second-order valence-corrected chi connectivity index (χ2v) is 4.96. The quantitative estimate of drug-likeness (QED) is 0.621. The highest BCUT2D eigenvalue weighted by molar-refractivity contribution is 7.99. The number of rotatable bonds is 2. The van der Waals surface area contributed by atoms with Crippen LogP contribution < -0.4 is 0 Å². The Morgan fingerprint density at radius 1 is 1.16 bits per heavy atom. The highest BCUT2D eigenvalue weighted by Gasteiger charge is 2.30. The van der Waals surface area contributed by atoms with Crippen LogP contribution in [-0.4, -0.2) is 15.0 Å². The van der Waals surface area contributed by atoms with Gasteiger partial charge in [-0.15, -0.1) is 0 Å². The zero-order valence-corrected chi connectivity index (χ0v) is 11.1. The van der Waals surface area contributed by atoms with Gasteiger partial charge < -0.3 is 0 Å². The summed E-state index contributed by atoms with van der Waals surface area (Å²) in [7, 11) is 0. The van der Waals surface area contributed by atoms with Crippen molar-refractivity contribution in [2.75, 3.05) is 0 Å². The molecule has 0 radical (unpaired) electrons. The Kier molecular flexibility index (Phi) is 3.96. The van der Waals surface area contributed by atoms with Gasteiger partial charge in [-0.3, -0.25) is 0 Å². The molecule has 2 heterocycles. The maximum Gasteiger partial charge on any atom is 0.417 e. The zero-order chi connectivity index (χ0) is 14.0. The van der Waals surface area contributed by atoms with Crippen molar-refractivity contribution in [3.8, 4) is 0 Å². The van der Waals surface area contributed by atoms with Crippen molar-refractivity contribution >= 4 is 23.4 Å². The fraction of sp³-hybridized carbons (Fsp3) is 0.182. The van der Waals surface area contributed by atoms with Crippen LogP contribution in [0.4, 0.5) is 13.2 Å². The molecule has 0 unspecified atom stereocenters. The van der Waals surface area contributed by atoms with Gasteiger partial charge in [0, 0.05) is 18.0 Å². The molecule has 0 aromatic carbocycles. The van der Waals surface area contributed by atoms with Crippen molar-refractivity contribution < 1.29 is 13.2 Å². The zero-order valence-electron chi connectivity index (χ0n) is 9.57. The molecule has 0 saturated carbocycles. The number of hydrogen-bond acceptors (Lipinski definition) is 4. The van der Waals surface area contributed by atoms with Crippen LogP contribution in [0.15, 0.2) is 34.6 Å². The largest absolute Gasteiger partial charge is 0.417 e. The molecule has 0 aliphatic carbocycles. The maximum atomic E-state index is 12.4. The van der Waals surface area contributed by atoms with Crippen molar-refractivity contribution in [1.82, 2.24) is 15.0 Å². The first kappa shape index (κ1) is 14.1. The Balaban J connectivity index is 2.22. The van der Waals surface area contributed by atoms with Gasteiger partial charge in [-0.25, -0.2) is 15.0 Å². The van der Waals surface area contributed by atoms with E-state index in [1.54, 1.807) is 13.1 Å². The molecule has 2 rings (SSSR count). The lowest BCUT2D eigenvalue weighted by Gasteiger charge is -2.07. The van der Waals surface area contributed by atoms with Crippen LogP contribution >= 0.6 is 23.4 Å². The summed E-state index contributed by atoms with van der Waals surface area (Å²) in [4.78, 5) is 11.5. The molecule has 0 aliphatic heterocycles. The minimum atomic E-state index is -4.38. The number of alkyl halides is 3. The second-order valence-electron chi connectivity index (χ2n) is 3.61. The normalized spacial score (nSPS) is 11.6. The lowest BCUT2D eigenvalue weighted by molar-refractivity contribution is -0.137. The minimum Gasteiger partial charge on any atom is -0.249 e. The molecule has 0 amide bonds. The summed E-state index contributed by atoms with van der Waals surface area (Å²) >= 11 is 6.80. The van der Waals surface area contributed by atoms with Gasteiger partial charge >= 0.3 is 6.18 Å². The van der Waals surface area contributed by atoms with Crippen molar-refractivity contribution in [1.29, 1.82) is 0 Å². The van der Waals surface area contributed by atoms with Gasteiger partial charge in [-0.2, -0.15) is 13.2 Å². The molecular weight excluding hydrogens is 299 g/mol. The van der Waals surface area contributed by atoms with Crippen LogP contribution in [0.5, 0.6) is 0 Å². The molecule has 8 heteroatoms. The van der Waals surface area contributed by atoms with E-state index in [9.17, 15) is 13.2 Å². The summed E-state index contributed by atoms with van der Waals surface area (Å²) in [6.45, 7) is 1.78. The predicted molar refractivity (Wildman–Crippen MR) is 65.1 cm³/mol. The number of halogens is 4. The molecule has 0 saturated heterocycles. The Hall–Kier alpha value is -1.34. The standard InChI is InChI=1S/C11H7ClF3N3S/c1-6-4-17-10(12)18-9(6)19-8-3-2-7(5-16-8)11(13,14)15/h2-5H,1H3. The van der Waals surface area contributed by atoms with Crippen molar-refractivity contribution in [3.63, 3.8) is 0 Å². The SMILES string of the molecule is Cc1cnc(Cl)nc1Sc1ccc(C(F)(F)F)cn1. The first-order chi connectivity index (χ1) is 8.86. The maximum absolute atomic E-state index is 12.4. The van der Waals surface area contributed by atoms with E-state index in [-0.39, 0.29) is 5.28 Å². The number of nitrogens with zero attached hydrogens (tertiary/aromatic N) is 3. The molecule has 2 aromatic rings. The third-order valence-electron chi connectivity index (χ3n) is 2.16. The molecule has 0 spiro atoms. The van der Waals surface area contributed by atoms with Crippen LogP contribution in [0.3, 0.4) is 0 Å². The molecule has 2 aromatic heterocycles. The Morgan fingerprint density at radius 3 is 2.47 bits per heavy atom. The first-order valence-corrected chi connectivity index (χ1v) is 6.26. The topological polar surface area (TPSA) is 38.7 Å². The third kappa shape index (κ3) is 3.57. The first-order valence-electron chi connectivity index (χ1n) is 5.06. The van der Waals surface area contributed by atoms with Crippen LogP contribution in [0.2, 0.25) is 5.28 Å². The van der Waals surface area contributed by atoms with E-state index in [2.05, 4.69) is 15.0 Å². The molecule has 0 aliphatic rings. The fourth-order valence-corrected chi connectivity index (χ4v) is 2.19. The van der Waals surface area contributed by atoms with Gasteiger partial charge in [0.1, 0.15) is 10.1 Å². The van der Waals surface area contributed by atoms with E-state index in [0.29, 0.717) is 10.1 Å². The lowest BCUT2D eigenvalue weighted by atomic mass is 10.3. The van der Waals surface area contributed by atoms with Crippen molar-refractivity contribution in [2.24, 2.45) is 0 Å². The average molecular weight is 306 g/mol. The fourth-order valence-electron chi connectivity index (χ4n) is 1.22. The average Bonchev–Trinajstić information content (AvgIpc) is 2.33. The van der Waals surface area contributed by atoms with Crippen LogP contribution in [0.25, 0.3) is 0 Å². The molecule has 3 nitrogen and oxygen atoms in total. The monoisotopic (exact) mass is 305 g/mol. The summed E-state index contributed by atoms with van der Waals surface area (Å²) in [6.07, 6.45) is -2.05. The van der Waals surface area contributed by atoms with Crippen LogP contribution in [0, 0.1) is 6.92 Å². The number of aryl methyl sites for hydroxylation is 1. The van der Waals surface area contributed by atoms with E-state index in [0.717, 1.165) is 29.6 Å². The van der Waals surface area contributed by atoms with Crippen molar-refractivity contribution in [2.45, 2.75) is 23.2 Å². The summed E-state index contributed by atoms with van der Waals surface area (Å²) in [5.74, 6) is 0. The Bertz CT molecular complexity index is 587. The van der Waals surface area contributed by atoms with Gasteiger partial charge in [-0.1, -0.05) is 0 Å². The van der Waals surface area contributed by atoms with E-state index in [4.69, 9.17) is 11.6 Å². The Morgan fingerprint density at radius 2 is 1.89 bits per heavy atom. The summed E-state index contributed by atoms with van der Waals surface area (Å²) < 4.78 is 37.1. The van der Waals surface area contributed by atoms with Gasteiger partial charge in [0.15, 0.2) is 0 Å². The molecule has 0 bridgehead atoms. The van der Waals surface area contributed by atoms with Crippen LogP contribution in [0.1, 0.15) is 11.1 Å². The summed E-state index contributed by atoms with van der Waals surface area (Å²) in [5.41, 5.74) is -0.00890. The summed E-state index contributed by atoms with van der Waals surface area (Å²) in [5, 5.41) is 1.05. The predicted octanol–water partition coefficient (Wildman–Crippen LogP) is 4.00. The van der Waals surface area contributed by atoms with Gasteiger partial charge in [0.05, 0.1) is 5.56 Å². The van der Waals surface area contributed by atoms with E-state index < -0.39 is 11.7 Å². The number of hydrogen-bond donors (Lipinski definition) is 0. The molecule has 0 atom stereocenters. The highest BCUT2D eigenvalue weighted by atomic mass is 35.5. The highest BCUT2D eigenvalue weighted by Crippen LogP contribution is 2.31.